The number of rotatable bonds is 3. The molecule has 0 spiro atoms. The van der Waals surface area contributed by atoms with Crippen LogP contribution in [0.25, 0.3) is 0 Å². The summed E-state index contributed by atoms with van der Waals surface area (Å²) in [5, 5.41) is 8.65. The molecule has 0 unspecified atom stereocenters. The second-order valence-electron chi connectivity index (χ2n) is 2.44. The van der Waals surface area contributed by atoms with Crippen molar-refractivity contribution in [3.05, 3.63) is 0 Å². The summed E-state index contributed by atoms with van der Waals surface area (Å²) in [6.45, 7) is 2.28. The molecular formula is C7H11NO4S. The third-order valence-electron chi connectivity index (χ3n) is 1.45. The van der Waals surface area contributed by atoms with Crippen molar-refractivity contribution in [2.75, 3.05) is 5.75 Å². The average molecular weight is 205 g/mol. The molecular weight excluding hydrogens is 194 g/mol. The molecule has 0 bridgehead atoms. The Hall–Kier alpha value is -1.04. The lowest BCUT2D eigenvalue weighted by atomic mass is 10.3. The van der Waals surface area contributed by atoms with Crippen LogP contribution in [0.5, 0.6) is 0 Å². The molecule has 0 aliphatic rings. The first-order valence-corrected chi connectivity index (χ1v) is 4.19. The smallest absolute Gasteiger partial charge is 0.327 e. The van der Waals surface area contributed by atoms with Gasteiger partial charge in [0.25, 0.3) is 0 Å². The van der Waals surface area contributed by atoms with Crippen molar-refractivity contribution >= 4 is 30.4 Å². The van der Waals surface area contributed by atoms with Gasteiger partial charge in [0.15, 0.2) is 0 Å². The highest BCUT2D eigenvalue weighted by Crippen LogP contribution is 2.03. The van der Waals surface area contributed by atoms with Gasteiger partial charge in [0.1, 0.15) is 6.04 Å². The molecule has 0 rings (SSSR count). The lowest BCUT2D eigenvalue weighted by Gasteiger charge is -2.23. The summed E-state index contributed by atoms with van der Waals surface area (Å²) >= 11 is 3.76. The fraction of sp³-hybridized carbons (Fsp3) is 0.571. The van der Waals surface area contributed by atoms with Crippen LogP contribution >= 0.6 is 12.6 Å². The van der Waals surface area contributed by atoms with Gasteiger partial charge in [0.2, 0.25) is 11.8 Å². The number of carboxylic acids is 1. The minimum Gasteiger partial charge on any atom is -0.480 e. The summed E-state index contributed by atoms with van der Waals surface area (Å²) in [6, 6.07) is -1.18. The number of amides is 2. The van der Waals surface area contributed by atoms with Crippen LogP contribution in [-0.2, 0) is 14.4 Å². The maximum Gasteiger partial charge on any atom is 0.327 e. The highest BCUT2D eigenvalue weighted by Gasteiger charge is 2.29. The van der Waals surface area contributed by atoms with Gasteiger partial charge in [-0.25, -0.2) is 4.79 Å². The summed E-state index contributed by atoms with van der Waals surface area (Å²) in [5.74, 6) is -2.50. The molecule has 0 aliphatic heterocycles. The highest BCUT2D eigenvalue weighted by atomic mass is 32.1. The summed E-state index contributed by atoms with van der Waals surface area (Å²) < 4.78 is 0. The van der Waals surface area contributed by atoms with Gasteiger partial charge in [-0.3, -0.25) is 14.5 Å². The van der Waals surface area contributed by atoms with Gasteiger partial charge >= 0.3 is 5.97 Å². The van der Waals surface area contributed by atoms with Gasteiger partial charge in [0, 0.05) is 19.6 Å². The van der Waals surface area contributed by atoms with E-state index in [0.717, 1.165) is 13.8 Å². The first kappa shape index (κ1) is 12.0. The van der Waals surface area contributed by atoms with Crippen LogP contribution < -0.4 is 0 Å². The Morgan fingerprint density at radius 1 is 1.31 bits per heavy atom. The van der Waals surface area contributed by atoms with E-state index in [9.17, 15) is 14.4 Å². The van der Waals surface area contributed by atoms with E-state index in [4.69, 9.17) is 5.11 Å². The van der Waals surface area contributed by atoms with Crippen molar-refractivity contribution in [3.8, 4) is 0 Å². The van der Waals surface area contributed by atoms with Crippen LogP contribution in [0.15, 0.2) is 0 Å². The van der Waals surface area contributed by atoms with E-state index in [1.54, 1.807) is 0 Å². The average Bonchev–Trinajstić information content (AvgIpc) is 1.97. The number of carbonyl (C=O) groups excluding carboxylic acids is 2. The molecule has 2 amide bonds. The molecule has 5 nitrogen and oxygen atoms in total. The third kappa shape index (κ3) is 3.06. The normalized spacial score (nSPS) is 11.9. The van der Waals surface area contributed by atoms with E-state index < -0.39 is 23.8 Å². The second-order valence-corrected chi connectivity index (χ2v) is 2.81. The number of carbonyl (C=O) groups is 3. The lowest BCUT2D eigenvalue weighted by molar-refractivity contribution is -0.155. The van der Waals surface area contributed by atoms with Crippen LogP contribution in [-0.4, -0.2) is 39.6 Å². The first-order chi connectivity index (χ1) is 5.91. The lowest BCUT2D eigenvalue weighted by Crippen LogP contribution is -2.47. The summed E-state index contributed by atoms with van der Waals surface area (Å²) in [5.41, 5.74) is 0. The molecule has 0 saturated heterocycles. The molecule has 0 heterocycles. The Bertz CT molecular complexity index is 227. The zero-order valence-corrected chi connectivity index (χ0v) is 8.25. The van der Waals surface area contributed by atoms with Gasteiger partial charge in [-0.2, -0.15) is 12.6 Å². The molecule has 6 heteroatoms. The summed E-state index contributed by atoms with van der Waals surface area (Å²) in [4.78, 5) is 33.1. The van der Waals surface area contributed by atoms with Crippen molar-refractivity contribution in [1.29, 1.82) is 0 Å². The van der Waals surface area contributed by atoms with Gasteiger partial charge in [-0.05, 0) is 0 Å². The fourth-order valence-corrected chi connectivity index (χ4v) is 1.25. The SMILES string of the molecule is CC(=O)N(C(C)=O)[C@H](CS)C(=O)O. The van der Waals surface area contributed by atoms with E-state index in [2.05, 4.69) is 12.6 Å². The Kier molecular flexibility index (Phi) is 4.47. The monoisotopic (exact) mass is 205 g/mol. The zero-order valence-electron chi connectivity index (χ0n) is 7.35. The topological polar surface area (TPSA) is 74.7 Å². The highest BCUT2D eigenvalue weighted by molar-refractivity contribution is 7.80. The molecule has 1 atom stereocenters. The van der Waals surface area contributed by atoms with E-state index in [-0.39, 0.29) is 5.75 Å². The Balaban J connectivity index is 4.80. The predicted molar refractivity (Wildman–Crippen MR) is 48.5 cm³/mol. The minimum absolute atomic E-state index is 0.0888. The van der Waals surface area contributed by atoms with Crippen LogP contribution in [0.1, 0.15) is 13.8 Å². The number of nitrogens with zero attached hydrogens (tertiary/aromatic N) is 1. The Morgan fingerprint density at radius 2 is 1.69 bits per heavy atom. The van der Waals surface area contributed by atoms with Crippen LogP contribution in [0, 0.1) is 0 Å². The van der Waals surface area contributed by atoms with E-state index in [0.29, 0.717) is 4.90 Å². The number of thiol groups is 1. The molecule has 0 aromatic carbocycles. The maximum atomic E-state index is 10.9. The van der Waals surface area contributed by atoms with Crippen molar-refractivity contribution in [2.24, 2.45) is 0 Å². The second kappa shape index (κ2) is 4.86. The van der Waals surface area contributed by atoms with Crippen molar-refractivity contribution in [1.82, 2.24) is 4.90 Å². The van der Waals surface area contributed by atoms with Crippen LogP contribution in [0.4, 0.5) is 0 Å². The quantitative estimate of drug-likeness (QED) is 0.624. The summed E-state index contributed by atoms with van der Waals surface area (Å²) in [6.07, 6.45) is 0. The van der Waals surface area contributed by atoms with E-state index in [1.165, 1.54) is 0 Å². The maximum absolute atomic E-state index is 10.9. The van der Waals surface area contributed by atoms with Crippen molar-refractivity contribution < 1.29 is 19.5 Å². The van der Waals surface area contributed by atoms with Gasteiger partial charge in [-0.1, -0.05) is 0 Å². The molecule has 0 aliphatic carbocycles. The molecule has 0 radical (unpaired) electrons. The number of hydrogen-bond acceptors (Lipinski definition) is 4. The fourth-order valence-electron chi connectivity index (χ4n) is 0.931. The standard InChI is InChI=1S/C7H11NO4S/c1-4(9)8(5(2)10)6(3-13)7(11)12/h6,13H,3H2,1-2H3,(H,11,12)/t6-/m1/s1. The minimum atomic E-state index is -1.24. The predicted octanol–water partition coefficient (Wildman–Crippen LogP) is -0.236. The van der Waals surface area contributed by atoms with Crippen molar-refractivity contribution in [3.63, 3.8) is 0 Å². The largest absolute Gasteiger partial charge is 0.480 e. The van der Waals surface area contributed by atoms with E-state index >= 15 is 0 Å². The summed E-state index contributed by atoms with van der Waals surface area (Å²) in [7, 11) is 0. The number of imide groups is 1. The molecule has 0 fully saturated rings. The number of carboxylic acid groups (broad SMARTS) is 1. The number of hydrogen-bond donors (Lipinski definition) is 2. The van der Waals surface area contributed by atoms with Gasteiger partial charge < -0.3 is 5.11 Å². The Morgan fingerprint density at radius 3 is 1.77 bits per heavy atom. The first-order valence-electron chi connectivity index (χ1n) is 3.55. The van der Waals surface area contributed by atoms with Gasteiger partial charge in [0.05, 0.1) is 0 Å². The zero-order chi connectivity index (χ0) is 10.6. The van der Waals surface area contributed by atoms with Crippen molar-refractivity contribution in [2.45, 2.75) is 19.9 Å². The molecule has 0 aromatic heterocycles. The molecule has 0 saturated carbocycles. The molecule has 1 N–H and O–H groups in total. The molecule has 74 valence electrons. The molecule has 0 aromatic rings. The van der Waals surface area contributed by atoms with E-state index in [1.807, 2.05) is 0 Å². The van der Waals surface area contributed by atoms with Crippen LogP contribution in [0.3, 0.4) is 0 Å². The molecule has 13 heavy (non-hydrogen) atoms. The van der Waals surface area contributed by atoms with Crippen LogP contribution in [0.2, 0.25) is 0 Å². The van der Waals surface area contributed by atoms with Gasteiger partial charge in [-0.15, -0.1) is 0 Å². The third-order valence-corrected chi connectivity index (χ3v) is 1.79. The Labute approximate surface area is 81.1 Å². The number of aliphatic carboxylic acids is 1.